The number of hydrogen-bond acceptors (Lipinski definition) is 4. The van der Waals surface area contributed by atoms with Gasteiger partial charge in [-0.3, -0.25) is 10.9 Å². The van der Waals surface area contributed by atoms with Gasteiger partial charge in [-0.1, -0.05) is 6.07 Å². The van der Waals surface area contributed by atoms with Gasteiger partial charge in [-0.15, -0.1) is 0 Å². The summed E-state index contributed by atoms with van der Waals surface area (Å²) in [7, 11) is 5.71. The molecule has 0 amide bonds. The first-order valence-electron chi connectivity index (χ1n) is 6.91. The van der Waals surface area contributed by atoms with Crippen LogP contribution in [0.4, 0.5) is 5.69 Å². The Labute approximate surface area is 142 Å². The molecule has 22 heavy (non-hydrogen) atoms. The van der Waals surface area contributed by atoms with Crippen molar-refractivity contribution in [2.45, 2.75) is 6.42 Å². The van der Waals surface area contributed by atoms with E-state index in [1.165, 1.54) is 0 Å². The average molecular weight is 342 g/mol. The predicted molar refractivity (Wildman–Crippen MR) is 99.3 cm³/mol. The third kappa shape index (κ3) is 7.96. The molecule has 0 saturated heterocycles. The summed E-state index contributed by atoms with van der Waals surface area (Å²) in [6.07, 6.45) is 1.02. The van der Waals surface area contributed by atoms with E-state index in [-0.39, 0.29) is 0 Å². The molecule has 0 atom stereocenters. The average Bonchev–Trinajstić information content (AvgIpc) is 2.49. The van der Waals surface area contributed by atoms with Gasteiger partial charge in [0, 0.05) is 18.3 Å². The Hall–Kier alpha value is -1.64. The third-order valence-corrected chi connectivity index (χ3v) is 3.14. The standard InChI is InChI=1S/C14H23N5OS2/c1-19(2)9-5-8-15-13(21)17-18-14(22)16-11-6-4-7-12(10-11)20-3/h4,6-7,10H,5,8-9H2,1-3H3,(H2,15,17,21)(H2,16,18,22). The Balaban J connectivity index is 2.23. The maximum atomic E-state index is 5.18. The van der Waals surface area contributed by atoms with Gasteiger partial charge in [-0.2, -0.15) is 0 Å². The summed E-state index contributed by atoms with van der Waals surface area (Å²) in [5, 5.41) is 7.07. The van der Waals surface area contributed by atoms with Crippen LogP contribution in [-0.4, -0.2) is 49.4 Å². The SMILES string of the molecule is COc1cccc(NC(=S)NNC(=S)NCCCN(C)C)c1. The van der Waals surface area contributed by atoms with E-state index < -0.39 is 0 Å². The number of benzene rings is 1. The fraction of sp³-hybridized carbons (Fsp3) is 0.429. The van der Waals surface area contributed by atoms with Gasteiger partial charge < -0.3 is 20.3 Å². The van der Waals surface area contributed by atoms with E-state index >= 15 is 0 Å². The van der Waals surface area contributed by atoms with Gasteiger partial charge in [0.05, 0.1) is 7.11 Å². The van der Waals surface area contributed by atoms with Crippen molar-refractivity contribution in [3.05, 3.63) is 24.3 Å². The smallest absolute Gasteiger partial charge is 0.189 e. The summed E-state index contributed by atoms with van der Waals surface area (Å²) in [6, 6.07) is 7.50. The highest BCUT2D eigenvalue weighted by molar-refractivity contribution is 7.80. The third-order valence-electron chi connectivity index (χ3n) is 2.68. The summed E-state index contributed by atoms with van der Waals surface area (Å²) in [5.41, 5.74) is 6.51. The molecule has 0 aliphatic carbocycles. The van der Waals surface area contributed by atoms with E-state index in [0.717, 1.165) is 30.9 Å². The minimum Gasteiger partial charge on any atom is -0.497 e. The zero-order valence-corrected chi connectivity index (χ0v) is 14.7. The highest BCUT2D eigenvalue weighted by atomic mass is 32.1. The van der Waals surface area contributed by atoms with Crippen LogP contribution in [0.15, 0.2) is 24.3 Å². The quantitative estimate of drug-likeness (QED) is 0.351. The van der Waals surface area contributed by atoms with Crippen LogP contribution < -0.4 is 26.2 Å². The Bertz CT molecular complexity index is 496. The molecule has 0 spiro atoms. The minimum absolute atomic E-state index is 0.422. The van der Waals surface area contributed by atoms with Gasteiger partial charge in [0.15, 0.2) is 10.2 Å². The van der Waals surface area contributed by atoms with E-state index in [1.807, 2.05) is 38.4 Å². The van der Waals surface area contributed by atoms with Crippen LogP contribution in [-0.2, 0) is 0 Å². The lowest BCUT2D eigenvalue weighted by molar-refractivity contribution is 0.400. The lowest BCUT2D eigenvalue weighted by Crippen LogP contribution is -2.48. The van der Waals surface area contributed by atoms with Gasteiger partial charge in [-0.05, 0) is 63.6 Å². The van der Waals surface area contributed by atoms with Gasteiger partial charge in [0.2, 0.25) is 0 Å². The van der Waals surface area contributed by atoms with Gasteiger partial charge in [0.1, 0.15) is 5.75 Å². The molecular weight excluding hydrogens is 318 g/mol. The van der Waals surface area contributed by atoms with Crippen LogP contribution >= 0.6 is 24.4 Å². The summed E-state index contributed by atoms with van der Waals surface area (Å²) in [6.45, 7) is 1.82. The van der Waals surface area contributed by atoms with Crippen molar-refractivity contribution in [1.82, 2.24) is 21.1 Å². The normalized spacial score (nSPS) is 10.0. The van der Waals surface area contributed by atoms with E-state index in [1.54, 1.807) is 7.11 Å². The number of nitrogens with zero attached hydrogens (tertiary/aromatic N) is 1. The van der Waals surface area contributed by atoms with E-state index in [9.17, 15) is 0 Å². The number of ether oxygens (including phenoxy) is 1. The number of methoxy groups -OCH3 is 1. The molecule has 122 valence electrons. The van der Waals surface area contributed by atoms with Crippen molar-refractivity contribution >= 4 is 40.3 Å². The van der Waals surface area contributed by atoms with Gasteiger partial charge in [-0.25, -0.2) is 0 Å². The molecule has 0 radical (unpaired) electrons. The number of hydrogen-bond donors (Lipinski definition) is 4. The molecule has 0 heterocycles. The van der Waals surface area contributed by atoms with Crippen molar-refractivity contribution in [3.63, 3.8) is 0 Å². The number of thiocarbonyl (C=S) groups is 2. The number of rotatable bonds is 6. The lowest BCUT2D eigenvalue weighted by atomic mass is 10.3. The molecule has 1 aromatic carbocycles. The molecule has 0 aliphatic rings. The van der Waals surface area contributed by atoms with Crippen LogP contribution in [0.25, 0.3) is 0 Å². The molecule has 8 heteroatoms. The van der Waals surface area contributed by atoms with Crippen LogP contribution in [0.5, 0.6) is 5.75 Å². The number of hydrazine groups is 1. The fourth-order valence-corrected chi connectivity index (χ4v) is 1.94. The molecule has 0 aliphatic heterocycles. The Kier molecular flexibility index (Phi) is 8.49. The highest BCUT2D eigenvalue weighted by Gasteiger charge is 2.00. The largest absolute Gasteiger partial charge is 0.497 e. The molecule has 0 fully saturated rings. The second-order valence-corrected chi connectivity index (χ2v) is 5.67. The summed E-state index contributed by atoms with van der Waals surface area (Å²) < 4.78 is 5.15. The first-order valence-corrected chi connectivity index (χ1v) is 7.72. The van der Waals surface area contributed by atoms with Crippen molar-refractivity contribution in [3.8, 4) is 5.75 Å². The maximum Gasteiger partial charge on any atom is 0.189 e. The van der Waals surface area contributed by atoms with Crippen LogP contribution in [0, 0.1) is 0 Å². The molecule has 1 rings (SSSR count). The van der Waals surface area contributed by atoms with Crippen molar-refractivity contribution in [2.24, 2.45) is 0 Å². The minimum atomic E-state index is 0.422. The van der Waals surface area contributed by atoms with Crippen LogP contribution in [0.2, 0.25) is 0 Å². The maximum absolute atomic E-state index is 5.18. The van der Waals surface area contributed by atoms with Crippen LogP contribution in [0.1, 0.15) is 6.42 Å². The molecule has 0 unspecified atom stereocenters. The van der Waals surface area contributed by atoms with E-state index in [4.69, 9.17) is 29.2 Å². The topological polar surface area (TPSA) is 60.6 Å². The van der Waals surface area contributed by atoms with Crippen LogP contribution in [0.3, 0.4) is 0 Å². The monoisotopic (exact) mass is 341 g/mol. The summed E-state index contributed by atoms with van der Waals surface area (Å²) >= 11 is 10.3. The predicted octanol–water partition coefficient (Wildman–Crippen LogP) is 1.31. The van der Waals surface area contributed by atoms with E-state index in [2.05, 4.69) is 26.4 Å². The Morgan fingerprint density at radius 1 is 1.18 bits per heavy atom. The molecule has 0 bridgehead atoms. The van der Waals surface area contributed by atoms with Crippen molar-refractivity contribution in [2.75, 3.05) is 39.6 Å². The lowest BCUT2D eigenvalue weighted by Gasteiger charge is -2.15. The Morgan fingerprint density at radius 2 is 1.91 bits per heavy atom. The van der Waals surface area contributed by atoms with Crippen molar-refractivity contribution < 1.29 is 4.74 Å². The second-order valence-electron chi connectivity index (χ2n) is 4.85. The second kappa shape index (κ2) is 10.1. The number of anilines is 1. The fourth-order valence-electron chi connectivity index (χ4n) is 1.62. The molecule has 6 nitrogen and oxygen atoms in total. The van der Waals surface area contributed by atoms with E-state index in [0.29, 0.717) is 10.2 Å². The molecule has 0 aromatic heterocycles. The van der Waals surface area contributed by atoms with Gasteiger partial charge in [0.25, 0.3) is 0 Å². The highest BCUT2D eigenvalue weighted by Crippen LogP contribution is 2.16. The molecule has 4 N–H and O–H groups in total. The van der Waals surface area contributed by atoms with Crippen molar-refractivity contribution in [1.29, 1.82) is 0 Å². The zero-order chi connectivity index (χ0) is 16.4. The molecule has 1 aromatic rings. The number of nitrogens with one attached hydrogen (secondary N) is 4. The summed E-state index contributed by atoms with van der Waals surface area (Å²) in [5.74, 6) is 0.763. The summed E-state index contributed by atoms with van der Waals surface area (Å²) in [4.78, 5) is 2.13. The first kappa shape index (κ1) is 18.4. The first-order chi connectivity index (χ1) is 10.5. The van der Waals surface area contributed by atoms with Gasteiger partial charge >= 0.3 is 0 Å². The molecule has 0 saturated carbocycles. The molecular formula is C14H23N5OS2. The Morgan fingerprint density at radius 3 is 2.59 bits per heavy atom. The zero-order valence-electron chi connectivity index (χ0n) is 13.1.